The number of hydrogen-bond acceptors (Lipinski definition) is 6. The summed E-state index contributed by atoms with van der Waals surface area (Å²) in [6.45, 7) is 4.56. The molecular weight excluding hydrogens is 618 g/mol. The van der Waals surface area contributed by atoms with Crippen LogP contribution in [0.15, 0.2) is 36.5 Å². The van der Waals surface area contributed by atoms with Crippen LogP contribution < -0.4 is 0 Å². The van der Waals surface area contributed by atoms with Gasteiger partial charge in [0.15, 0.2) is 12.1 Å². The van der Waals surface area contributed by atoms with E-state index in [1.54, 1.807) is 0 Å². The fourth-order valence-electron chi connectivity index (χ4n) is 5.52. The number of unbranched alkanes of at least 4 members (excludes halogenated alkanes) is 14. The number of ether oxygens (including phenoxy) is 3. The highest BCUT2D eigenvalue weighted by Crippen LogP contribution is 2.14. The Balaban J connectivity index is 4.46. The maximum absolute atomic E-state index is 12.6. The second-order valence-corrected chi connectivity index (χ2v) is 14.2. The lowest BCUT2D eigenvalue weighted by atomic mass is 10.0. The molecule has 0 radical (unpaired) electrons. The largest absolute Gasteiger partial charge is 0.477 e. The quantitative estimate of drug-likeness (QED) is 0.0310. The van der Waals surface area contributed by atoms with Gasteiger partial charge in [0.25, 0.3) is 0 Å². The van der Waals surface area contributed by atoms with Crippen molar-refractivity contribution in [1.29, 1.82) is 0 Å². The molecule has 0 bridgehead atoms. The van der Waals surface area contributed by atoms with Crippen molar-refractivity contribution in [3.8, 4) is 0 Å². The molecule has 49 heavy (non-hydrogen) atoms. The Bertz CT molecular complexity index is 906. The maximum atomic E-state index is 12.6. The summed E-state index contributed by atoms with van der Waals surface area (Å²) in [5, 5.41) is 9.58. The van der Waals surface area contributed by atoms with Crippen LogP contribution in [0.25, 0.3) is 0 Å². The van der Waals surface area contributed by atoms with Gasteiger partial charge in [-0.1, -0.05) is 127 Å². The number of quaternary nitrogens is 1. The molecule has 0 amide bonds. The lowest BCUT2D eigenvalue weighted by Crippen LogP contribution is -2.50. The monoisotopic (exact) mass is 693 g/mol. The number of hydrogen-bond donors (Lipinski definition) is 1. The van der Waals surface area contributed by atoms with Crippen LogP contribution in [0.4, 0.5) is 0 Å². The fourth-order valence-corrected chi connectivity index (χ4v) is 5.52. The number of aliphatic carboxylic acids is 1. The van der Waals surface area contributed by atoms with Crippen LogP contribution in [0.1, 0.15) is 155 Å². The summed E-state index contributed by atoms with van der Waals surface area (Å²) < 4.78 is 17.2. The lowest BCUT2D eigenvalue weighted by molar-refractivity contribution is -0.887. The number of carbonyl (C=O) groups is 3. The van der Waals surface area contributed by atoms with E-state index in [4.69, 9.17) is 14.2 Å². The summed E-state index contributed by atoms with van der Waals surface area (Å²) in [5.41, 5.74) is 0. The molecule has 0 aromatic rings. The molecule has 2 atom stereocenters. The zero-order chi connectivity index (χ0) is 36.4. The molecular formula is C41H74NO7+. The van der Waals surface area contributed by atoms with E-state index in [0.29, 0.717) is 19.3 Å². The van der Waals surface area contributed by atoms with E-state index in [1.807, 2.05) is 21.1 Å². The topological polar surface area (TPSA) is 99.1 Å². The molecule has 8 nitrogen and oxygen atoms in total. The number of carboxylic acids is 1. The van der Waals surface area contributed by atoms with Crippen LogP contribution in [0.3, 0.4) is 0 Å². The molecule has 2 unspecified atom stereocenters. The number of esters is 2. The molecule has 0 aliphatic carbocycles. The van der Waals surface area contributed by atoms with Crippen LogP contribution in [0.5, 0.6) is 0 Å². The van der Waals surface area contributed by atoms with Gasteiger partial charge in [-0.2, -0.15) is 0 Å². The number of carbonyl (C=O) groups excluding carboxylic acids is 2. The minimum Gasteiger partial charge on any atom is -0.477 e. The smallest absolute Gasteiger partial charge is 0.362 e. The van der Waals surface area contributed by atoms with Gasteiger partial charge in [-0.05, 0) is 44.9 Å². The third kappa shape index (κ3) is 31.3. The Kier molecular flexibility index (Phi) is 31.1. The molecule has 0 saturated carbocycles. The number of nitrogens with zero attached hydrogens (tertiary/aromatic N) is 1. The Labute approximate surface area is 300 Å². The first-order valence-corrected chi connectivity index (χ1v) is 19.5. The zero-order valence-corrected chi connectivity index (χ0v) is 32.1. The number of likely N-dealkylation sites (N-methyl/N-ethyl adjacent to an activating group) is 1. The van der Waals surface area contributed by atoms with Gasteiger partial charge in [0.2, 0.25) is 0 Å². The van der Waals surface area contributed by atoms with Crippen LogP contribution in [-0.2, 0) is 28.6 Å². The van der Waals surface area contributed by atoms with E-state index in [1.165, 1.54) is 64.2 Å². The molecule has 0 fully saturated rings. The van der Waals surface area contributed by atoms with Crippen molar-refractivity contribution in [3.63, 3.8) is 0 Å². The highest BCUT2D eigenvalue weighted by atomic mass is 16.6. The summed E-state index contributed by atoms with van der Waals surface area (Å²) >= 11 is 0. The Morgan fingerprint density at radius 2 is 1.14 bits per heavy atom. The molecule has 0 spiro atoms. The summed E-state index contributed by atoms with van der Waals surface area (Å²) in [6, 6.07) is -0.617. The van der Waals surface area contributed by atoms with Gasteiger partial charge in [0.1, 0.15) is 6.61 Å². The fraction of sp³-hybridized carbons (Fsp3) is 0.780. The average molecular weight is 693 g/mol. The molecule has 0 aliphatic heterocycles. The second-order valence-electron chi connectivity index (χ2n) is 14.2. The van der Waals surface area contributed by atoms with E-state index in [0.717, 1.165) is 57.8 Å². The van der Waals surface area contributed by atoms with Gasteiger partial charge in [-0.3, -0.25) is 9.59 Å². The third-order valence-electron chi connectivity index (χ3n) is 8.55. The maximum Gasteiger partial charge on any atom is 0.362 e. The van der Waals surface area contributed by atoms with Crippen LogP contribution in [0.2, 0.25) is 0 Å². The van der Waals surface area contributed by atoms with Gasteiger partial charge in [-0.25, -0.2) is 4.79 Å². The summed E-state index contributed by atoms with van der Waals surface area (Å²) in [5.74, 6) is -1.52. The van der Waals surface area contributed by atoms with E-state index >= 15 is 0 Å². The van der Waals surface area contributed by atoms with Crippen molar-refractivity contribution in [2.24, 2.45) is 0 Å². The van der Waals surface area contributed by atoms with Crippen LogP contribution in [0, 0.1) is 0 Å². The highest BCUT2D eigenvalue weighted by molar-refractivity contribution is 5.72. The van der Waals surface area contributed by atoms with Crippen molar-refractivity contribution in [3.05, 3.63) is 36.5 Å². The Morgan fingerprint density at radius 3 is 1.69 bits per heavy atom. The summed E-state index contributed by atoms with van der Waals surface area (Å²) in [4.78, 5) is 36.8. The van der Waals surface area contributed by atoms with E-state index in [2.05, 4.69) is 50.3 Å². The molecule has 0 saturated heterocycles. The predicted molar refractivity (Wildman–Crippen MR) is 201 cm³/mol. The highest BCUT2D eigenvalue weighted by Gasteiger charge is 2.31. The average Bonchev–Trinajstić information content (AvgIpc) is 3.05. The normalized spacial score (nSPS) is 13.4. The minimum absolute atomic E-state index is 0.0508. The number of rotatable bonds is 34. The predicted octanol–water partition coefficient (Wildman–Crippen LogP) is 9.91. The van der Waals surface area contributed by atoms with E-state index < -0.39 is 18.1 Å². The van der Waals surface area contributed by atoms with Crippen molar-refractivity contribution in [2.45, 2.75) is 167 Å². The van der Waals surface area contributed by atoms with Gasteiger partial charge >= 0.3 is 17.9 Å². The van der Waals surface area contributed by atoms with Gasteiger partial charge < -0.3 is 23.8 Å². The second kappa shape index (κ2) is 32.7. The summed E-state index contributed by atoms with van der Waals surface area (Å²) in [7, 11) is 5.50. The van der Waals surface area contributed by atoms with E-state index in [9.17, 15) is 19.5 Å². The molecule has 1 N–H and O–H groups in total. The minimum atomic E-state index is -0.881. The van der Waals surface area contributed by atoms with Gasteiger partial charge in [0, 0.05) is 19.3 Å². The molecule has 0 rings (SSSR count). The standard InChI is InChI=1S/C41H73NO7/c1-6-8-10-12-14-16-18-20-22-24-26-28-30-32-40(44)49-37(35-47-34-33-38(41(45)46)42(3,4)5)36-48-39(43)31-29-27-25-23-21-19-17-15-13-11-9-7-2/h9,11,15,17,21,23,37-38H,6-8,10,12-14,16,18-20,22,24-36H2,1-5H3/p+1/b11-9+,17-15+,23-21+. The third-order valence-corrected chi connectivity index (χ3v) is 8.55. The summed E-state index contributed by atoms with van der Waals surface area (Å²) in [6.07, 6.45) is 34.7. The van der Waals surface area contributed by atoms with Crippen molar-refractivity contribution in [1.82, 2.24) is 0 Å². The van der Waals surface area contributed by atoms with Crippen molar-refractivity contribution < 1.29 is 38.2 Å². The first kappa shape index (κ1) is 46.5. The molecule has 8 heteroatoms. The Morgan fingerprint density at radius 1 is 0.633 bits per heavy atom. The molecule has 284 valence electrons. The first-order chi connectivity index (χ1) is 23.6. The first-order valence-electron chi connectivity index (χ1n) is 19.5. The number of allylic oxidation sites excluding steroid dienone is 6. The van der Waals surface area contributed by atoms with Crippen molar-refractivity contribution in [2.75, 3.05) is 41.0 Å². The van der Waals surface area contributed by atoms with Crippen LogP contribution in [-0.4, -0.2) is 80.6 Å². The number of carboxylic acid groups (broad SMARTS) is 1. The van der Waals surface area contributed by atoms with Crippen LogP contribution >= 0.6 is 0 Å². The molecule has 0 aromatic heterocycles. The molecule has 0 heterocycles. The SMILES string of the molecule is CC/C=C/C/C=C/C/C=C/CCCCC(=O)OCC(COCCC(C(=O)O)[N+](C)(C)C)OC(=O)CCCCCCCCCCCCCCC. The van der Waals surface area contributed by atoms with Gasteiger partial charge in [-0.15, -0.1) is 0 Å². The van der Waals surface area contributed by atoms with Crippen molar-refractivity contribution >= 4 is 17.9 Å². The Hall–Kier alpha value is -2.45. The lowest BCUT2D eigenvalue weighted by Gasteiger charge is -2.31. The van der Waals surface area contributed by atoms with E-state index in [-0.39, 0.29) is 36.2 Å². The molecule has 0 aliphatic rings. The zero-order valence-electron chi connectivity index (χ0n) is 32.1. The van der Waals surface area contributed by atoms with Gasteiger partial charge in [0.05, 0.1) is 34.4 Å². The molecule has 0 aromatic carbocycles.